The molecule has 4 aliphatic rings. The van der Waals surface area contributed by atoms with Gasteiger partial charge in [0.15, 0.2) is 0 Å². The van der Waals surface area contributed by atoms with Gasteiger partial charge in [0.25, 0.3) is 0 Å². The highest BCUT2D eigenvalue weighted by atomic mass is 32.2. The van der Waals surface area contributed by atoms with Crippen molar-refractivity contribution >= 4 is 33.2 Å². The maximum atomic E-state index is 13.6. The van der Waals surface area contributed by atoms with E-state index in [4.69, 9.17) is 0 Å². The van der Waals surface area contributed by atoms with Crippen molar-refractivity contribution in [2.45, 2.75) is 96.8 Å². The fourth-order valence-electron chi connectivity index (χ4n) is 9.53. The van der Waals surface area contributed by atoms with Gasteiger partial charge >= 0.3 is 0 Å². The Labute approximate surface area is 239 Å². The van der Waals surface area contributed by atoms with Crippen molar-refractivity contribution in [2.24, 2.45) is 46.3 Å². The van der Waals surface area contributed by atoms with Crippen molar-refractivity contribution in [1.29, 1.82) is 0 Å². The van der Waals surface area contributed by atoms with Gasteiger partial charge in [-0.2, -0.15) is 0 Å². The molecule has 7 nitrogen and oxygen atoms in total. The summed E-state index contributed by atoms with van der Waals surface area (Å²) in [7, 11) is -3.61. The van der Waals surface area contributed by atoms with Crippen LogP contribution in [0.1, 0.15) is 91.9 Å². The first-order valence-corrected chi connectivity index (χ1v) is 16.8. The van der Waals surface area contributed by atoms with E-state index in [9.17, 15) is 22.8 Å². The predicted octanol–water partition coefficient (Wildman–Crippen LogP) is 5.75. The van der Waals surface area contributed by atoms with Crippen molar-refractivity contribution in [3.8, 4) is 0 Å². The van der Waals surface area contributed by atoms with E-state index in [1.807, 2.05) is 0 Å². The normalized spacial score (nSPS) is 36.4. The second kappa shape index (κ2) is 11.0. The maximum absolute atomic E-state index is 13.6. The van der Waals surface area contributed by atoms with E-state index >= 15 is 0 Å². The summed E-state index contributed by atoms with van der Waals surface area (Å²) in [5, 5.41) is 2.65. The fourth-order valence-corrected chi connectivity index (χ4v) is 10.6. The van der Waals surface area contributed by atoms with E-state index in [2.05, 4.69) is 30.8 Å². The lowest BCUT2D eigenvalue weighted by molar-refractivity contribution is -0.159. The fraction of sp³-hybridized carbons (Fsp3) is 0.719. The van der Waals surface area contributed by atoms with Crippen molar-refractivity contribution in [3.63, 3.8) is 0 Å². The zero-order valence-corrected chi connectivity index (χ0v) is 25.3. The molecule has 4 saturated carbocycles. The topological polar surface area (TPSA) is 109 Å². The monoisotopic (exact) mass is 570 g/mol. The molecule has 0 radical (unpaired) electrons. The van der Waals surface area contributed by atoms with Crippen molar-refractivity contribution in [1.82, 2.24) is 4.72 Å². The van der Waals surface area contributed by atoms with Crippen LogP contribution in [0.2, 0.25) is 0 Å². The Kier molecular flexibility index (Phi) is 8.07. The smallest absolute Gasteiger partial charge is 0.240 e. The maximum Gasteiger partial charge on any atom is 0.240 e. The number of fused-ring (bicyclic) bond motifs is 5. The molecule has 2 N–H and O–H groups in total. The van der Waals surface area contributed by atoms with Crippen LogP contribution < -0.4 is 10.0 Å². The quantitative estimate of drug-likeness (QED) is 0.387. The van der Waals surface area contributed by atoms with Crippen LogP contribution in [0.4, 0.5) is 5.69 Å². The Hall–Kier alpha value is -2.06. The van der Waals surface area contributed by atoms with Gasteiger partial charge in [0.05, 0.1) is 4.90 Å². The Morgan fingerprint density at radius 1 is 1.00 bits per heavy atom. The van der Waals surface area contributed by atoms with Crippen LogP contribution in [0, 0.1) is 46.3 Å². The lowest BCUT2D eigenvalue weighted by Gasteiger charge is -2.59. The molecular formula is C32H46N2O5S. The van der Waals surface area contributed by atoms with E-state index in [1.165, 1.54) is 19.1 Å². The minimum Gasteiger partial charge on any atom is -0.326 e. The van der Waals surface area contributed by atoms with E-state index in [0.717, 1.165) is 44.9 Å². The highest BCUT2D eigenvalue weighted by Crippen LogP contribution is 2.67. The third-order valence-corrected chi connectivity index (χ3v) is 13.1. The van der Waals surface area contributed by atoms with Crippen molar-refractivity contribution < 1.29 is 22.8 Å². The number of benzene rings is 1. The average Bonchev–Trinajstić information content (AvgIpc) is 3.25. The number of carbonyl (C=O) groups excluding carboxylic acids is 3. The zero-order valence-electron chi connectivity index (χ0n) is 24.5. The molecule has 1 aromatic rings. The second-order valence-electron chi connectivity index (χ2n) is 13.8. The lowest BCUT2D eigenvalue weighted by Crippen LogP contribution is -2.57. The van der Waals surface area contributed by atoms with Gasteiger partial charge in [-0.15, -0.1) is 0 Å². The summed E-state index contributed by atoms with van der Waals surface area (Å²) in [4.78, 5) is 37.2. The second-order valence-corrected chi connectivity index (χ2v) is 15.6. The number of rotatable bonds is 8. The molecule has 8 heteroatoms. The highest BCUT2D eigenvalue weighted by Gasteiger charge is 2.63. The molecule has 0 saturated heterocycles. The Bertz CT molecular complexity index is 1260. The van der Waals surface area contributed by atoms with Crippen molar-refractivity contribution in [3.05, 3.63) is 24.3 Å². The number of ketones is 2. The Balaban J connectivity index is 1.17. The molecule has 0 unspecified atom stereocenters. The summed E-state index contributed by atoms with van der Waals surface area (Å²) < 4.78 is 28.3. The number of Topliss-reactive ketones (excluding diaryl/α,β-unsaturated/α-hetero) is 2. The third-order valence-electron chi connectivity index (χ3n) is 11.7. The van der Waals surface area contributed by atoms with Crippen LogP contribution in [-0.2, 0) is 24.4 Å². The molecule has 8 atom stereocenters. The minimum absolute atomic E-state index is 0.124. The number of hydrogen-bond acceptors (Lipinski definition) is 5. The summed E-state index contributed by atoms with van der Waals surface area (Å²) in [5.74, 6) is 2.80. The molecule has 0 aromatic heterocycles. The van der Waals surface area contributed by atoms with Crippen LogP contribution in [0.15, 0.2) is 29.2 Å². The van der Waals surface area contributed by atoms with Gasteiger partial charge in [0.2, 0.25) is 15.9 Å². The standard InChI is InChI=1S/C32H46N2O5S/c1-20(6-5-17-33-40(38,39)25-9-7-23(8-10-25)34-21(2)35)26-11-12-27-30-28(14-16-32(26,27)4)31(3)15-13-24(36)18-22(31)19-29(30)37/h7-10,20,22,26-28,30,33H,5-6,11-19H2,1-4H3,(H,34,35)/t20-,22+,26-,27+,28+,30+,31+,32-/m1/s1. The van der Waals surface area contributed by atoms with Crippen LogP contribution in [0.5, 0.6) is 0 Å². The molecule has 40 heavy (non-hydrogen) atoms. The van der Waals surface area contributed by atoms with Gasteiger partial charge in [-0.1, -0.05) is 20.8 Å². The van der Waals surface area contributed by atoms with Crippen molar-refractivity contribution in [2.75, 3.05) is 11.9 Å². The predicted molar refractivity (Wildman–Crippen MR) is 155 cm³/mol. The summed E-state index contributed by atoms with van der Waals surface area (Å²) >= 11 is 0. The largest absolute Gasteiger partial charge is 0.326 e. The van der Waals surface area contributed by atoms with E-state index in [0.29, 0.717) is 66.7 Å². The minimum atomic E-state index is -3.61. The Morgan fingerprint density at radius 2 is 1.70 bits per heavy atom. The molecule has 4 fully saturated rings. The molecule has 4 aliphatic carbocycles. The molecule has 5 rings (SSSR count). The van der Waals surface area contributed by atoms with Crippen LogP contribution in [0.3, 0.4) is 0 Å². The average molecular weight is 571 g/mol. The Morgan fingerprint density at radius 3 is 2.40 bits per heavy atom. The van der Waals surface area contributed by atoms with Crippen LogP contribution in [-0.4, -0.2) is 32.4 Å². The van der Waals surface area contributed by atoms with Gasteiger partial charge in [0.1, 0.15) is 11.6 Å². The molecule has 0 aliphatic heterocycles. The SMILES string of the molecule is CC(=O)Nc1ccc(S(=O)(=O)NCCC[C@@H](C)[C@H]2CC[C@H]3[C@@H]4C(=O)C[C@@H]5CC(=O)CC[C@]5(C)[C@H]4CC[C@]23C)cc1. The summed E-state index contributed by atoms with van der Waals surface area (Å²) in [5.41, 5.74) is 0.841. The van der Waals surface area contributed by atoms with Gasteiger partial charge in [0, 0.05) is 44.3 Å². The van der Waals surface area contributed by atoms with E-state index in [1.54, 1.807) is 12.1 Å². The zero-order chi connectivity index (χ0) is 28.9. The third kappa shape index (κ3) is 5.31. The number of hydrogen-bond donors (Lipinski definition) is 2. The molecule has 1 amide bonds. The number of nitrogens with one attached hydrogen (secondary N) is 2. The number of sulfonamides is 1. The summed E-state index contributed by atoms with van der Waals surface area (Å²) in [6.07, 6.45) is 9.02. The first kappa shape index (κ1) is 29.4. The molecule has 0 spiro atoms. The van der Waals surface area contributed by atoms with Gasteiger partial charge in [-0.25, -0.2) is 13.1 Å². The number of amides is 1. The summed E-state index contributed by atoms with van der Waals surface area (Å²) in [6, 6.07) is 6.20. The van der Waals surface area contributed by atoms with Gasteiger partial charge in [-0.3, -0.25) is 14.4 Å². The lowest BCUT2D eigenvalue weighted by atomic mass is 9.44. The molecule has 0 bridgehead atoms. The number of carbonyl (C=O) groups is 3. The van der Waals surface area contributed by atoms with Crippen LogP contribution in [0.25, 0.3) is 0 Å². The summed E-state index contributed by atoms with van der Waals surface area (Å²) in [6.45, 7) is 8.92. The molecule has 0 heterocycles. The van der Waals surface area contributed by atoms with Gasteiger partial charge < -0.3 is 5.32 Å². The molecular weight excluding hydrogens is 524 g/mol. The molecule has 1 aromatic carbocycles. The highest BCUT2D eigenvalue weighted by molar-refractivity contribution is 7.89. The van der Waals surface area contributed by atoms with Gasteiger partial charge in [-0.05, 0) is 110 Å². The first-order chi connectivity index (χ1) is 18.8. The van der Waals surface area contributed by atoms with E-state index in [-0.39, 0.29) is 33.5 Å². The van der Waals surface area contributed by atoms with E-state index < -0.39 is 10.0 Å². The number of anilines is 1. The molecule has 220 valence electrons. The van der Waals surface area contributed by atoms with Crippen LogP contribution >= 0.6 is 0 Å². The first-order valence-electron chi connectivity index (χ1n) is 15.3.